The van der Waals surface area contributed by atoms with Gasteiger partial charge in [0.1, 0.15) is 0 Å². The summed E-state index contributed by atoms with van der Waals surface area (Å²) in [7, 11) is 1.82. The zero-order chi connectivity index (χ0) is 12.3. The quantitative estimate of drug-likeness (QED) is 0.817. The van der Waals surface area contributed by atoms with E-state index in [0.29, 0.717) is 17.6 Å². The van der Waals surface area contributed by atoms with E-state index in [1.807, 2.05) is 7.11 Å². The maximum Gasteiger partial charge on any atom is 0.0615 e. The summed E-state index contributed by atoms with van der Waals surface area (Å²) in [5.74, 6) is 0. The van der Waals surface area contributed by atoms with Gasteiger partial charge in [-0.3, -0.25) is 4.90 Å². The van der Waals surface area contributed by atoms with Crippen LogP contribution in [0.15, 0.2) is 0 Å². The molecule has 2 fully saturated rings. The van der Waals surface area contributed by atoms with Crippen LogP contribution in [0.4, 0.5) is 0 Å². The van der Waals surface area contributed by atoms with Crippen LogP contribution in [0.2, 0.25) is 0 Å². The molecule has 0 aromatic carbocycles. The lowest BCUT2D eigenvalue weighted by atomic mass is 9.77. The van der Waals surface area contributed by atoms with Crippen LogP contribution in [0.3, 0.4) is 0 Å². The van der Waals surface area contributed by atoms with Crippen LogP contribution in [0.5, 0.6) is 0 Å². The molecule has 0 aromatic rings. The topological polar surface area (TPSA) is 24.5 Å². The van der Waals surface area contributed by atoms with Crippen molar-refractivity contribution >= 4 is 0 Å². The number of rotatable bonds is 3. The van der Waals surface area contributed by atoms with Crippen LogP contribution in [0, 0.1) is 0 Å². The molecule has 2 unspecified atom stereocenters. The second-order valence-electron chi connectivity index (χ2n) is 6.02. The van der Waals surface area contributed by atoms with Gasteiger partial charge in [0.05, 0.1) is 6.61 Å². The van der Waals surface area contributed by atoms with E-state index in [4.69, 9.17) is 4.74 Å². The summed E-state index contributed by atoms with van der Waals surface area (Å²) in [5, 5.41) is 3.69. The van der Waals surface area contributed by atoms with Crippen molar-refractivity contribution < 1.29 is 4.74 Å². The molecule has 3 heteroatoms. The number of nitrogens with one attached hydrogen (secondary N) is 1. The SMILES string of the molecule is COCC(C)N1CC(C)NCC12CCCCC2. The van der Waals surface area contributed by atoms with Crippen LogP contribution < -0.4 is 5.32 Å². The van der Waals surface area contributed by atoms with Crippen molar-refractivity contribution in [1.82, 2.24) is 10.2 Å². The van der Waals surface area contributed by atoms with E-state index in [1.54, 1.807) is 0 Å². The summed E-state index contributed by atoms with van der Waals surface area (Å²) in [5.41, 5.74) is 0.419. The van der Waals surface area contributed by atoms with Crippen molar-refractivity contribution in [2.45, 2.75) is 63.6 Å². The predicted molar refractivity (Wildman–Crippen MR) is 71.3 cm³/mol. The van der Waals surface area contributed by atoms with Gasteiger partial charge in [-0.15, -0.1) is 0 Å². The molecule has 1 aliphatic carbocycles. The Morgan fingerprint density at radius 1 is 1.35 bits per heavy atom. The fraction of sp³-hybridized carbons (Fsp3) is 1.00. The van der Waals surface area contributed by atoms with Crippen LogP contribution in [0.1, 0.15) is 46.0 Å². The Morgan fingerprint density at radius 3 is 2.71 bits per heavy atom. The van der Waals surface area contributed by atoms with E-state index in [9.17, 15) is 0 Å². The second kappa shape index (κ2) is 5.68. The zero-order valence-electron chi connectivity index (χ0n) is 11.7. The fourth-order valence-corrected chi connectivity index (χ4v) is 3.67. The Hall–Kier alpha value is -0.120. The van der Waals surface area contributed by atoms with Gasteiger partial charge in [-0.25, -0.2) is 0 Å². The molecule has 2 rings (SSSR count). The number of methoxy groups -OCH3 is 1. The lowest BCUT2D eigenvalue weighted by Crippen LogP contribution is -2.67. The van der Waals surface area contributed by atoms with Gasteiger partial charge in [-0.2, -0.15) is 0 Å². The van der Waals surface area contributed by atoms with Crippen molar-refractivity contribution in [3.05, 3.63) is 0 Å². The molecule has 0 radical (unpaired) electrons. The minimum atomic E-state index is 0.419. The molecule has 1 heterocycles. The highest BCUT2D eigenvalue weighted by molar-refractivity contribution is 5.01. The first-order valence-electron chi connectivity index (χ1n) is 7.17. The summed E-state index contributed by atoms with van der Waals surface area (Å²) in [4.78, 5) is 2.73. The summed E-state index contributed by atoms with van der Waals surface area (Å²) in [6, 6.07) is 1.16. The summed E-state index contributed by atoms with van der Waals surface area (Å²) in [6.07, 6.45) is 6.93. The number of nitrogens with zero attached hydrogens (tertiary/aromatic N) is 1. The first-order chi connectivity index (χ1) is 8.18. The van der Waals surface area contributed by atoms with E-state index in [1.165, 1.54) is 45.2 Å². The molecule has 2 aliphatic rings. The van der Waals surface area contributed by atoms with E-state index in [0.717, 1.165) is 6.61 Å². The molecule has 1 spiro atoms. The van der Waals surface area contributed by atoms with Crippen LogP contribution in [-0.2, 0) is 4.74 Å². The third-order valence-electron chi connectivity index (χ3n) is 4.58. The van der Waals surface area contributed by atoms with Crippen molar-refractivity contribution in [2.75, 3.05) is 26.8 Å². The highest BCUT2D eigenvalue weighted by Gasteiger charge is 2.43. The molecule has 1 N–H and O–H groups in total. The lowest BCUT2D eigenvalue weighted by Gasteiger charge is -2.54. The van der Waals surface area contributed by atoms with Gasteiger partial charge >= 0.3 is 0 Å². The number of ether oxygens (including phenoxy) is 1. The third-order valence-corrected chi connectivity index (χ3v) is 4.58. The molecule has 3 nitrogen and oxygen atoms in total. The Bertz CT molecular complexity index is 238. The monoisotopic (exact) mass is 240 g/mol. The van der Waals surface area contributed by atoms with Gasteiger partial charge in [-0.1, -0.05) is 19.3 Å². The number of hydrogen-bond donors (Lipinski definition) is 1. The molecule has 0 aromatic heterocycles. The van der Waals surface area contributed by atoms with Gasteiger partial charge in [-0.05, 0) is 26.7 Å². The van der Waals surface area contributed by atoms with Crippen molar-refractivity contribution in [1.29, 1.82) is 0 Å². The average molecular weight is 240 g/mol. The number of piperazine rings is 1. The minimum Gasteiger partial charge on any atom is -0.383 e. The van der Waals surface area contributed by atoms with E-state index in [2.05, 4.69) is 24.1 Å². The molecular weight excluding hydrogens is 212 g/mol. The molecule has 1 aliphatic heterocycles. The van der Waals surface area contributed by atoms with Crippen LogP contribution in [-0.4, -0.2) is 49.3 Å². The van der Waals surface area contributed by atoms with Crippen LogP contribution >= 0.6 is 0 Å². The van der Waals surface area contributed by atoms with E-state index >= 15 is 0 Å². The van der Waals surface area contributed by atoms with Crippen LogP contribution in [0.25, 0.3) is 0 Å². The average Bonchev–Trinajstić information content (AvgIpc) is 2.34. The maximum absolute atomic E-state index is 5.36. The van der Waals surface area contributed by atoms with Crippen molar-refractivity contribution in [3.8, 4) is 0 Å². The van der Waals surface area contributed by atoms with E-state index < -0.39 is 0 Å². The number of hydrogen-bond acceptors (Lipinski definition) is 3. The molecule has 2 atom stereocenters. The summed E-state index contributed by atoms with van der Waals surface area (Å²) in [6.45, 7) is 7.81. The molecule has 0 bridgehead atoms. The van der Waals surface area contributed by atoms with Gasteiger partial charge in [0.25, 0.3) is 0 Å². The molecular formula is C14H28N2O. The lowest BCUT2D eigenvalue weighted by molar-refractivity contribution is -0.0361. The molecule has 1 saturated carbocycles. The van der Waals surface area contributed by atoms with Gasteiger partial charge in [0.2, 0.25) is 0 Å². The van der Waals surface area contributed by atoms with Crippen molar-refractivity contribution in [2.24, 2.45) is 0 Å². The van der Waals surface area contributed by atoms with Gasteiger partial charge < -0.3 is 10.1 Å². The summed E-state index contributed by atoms with van der Waals surface area (Å²) < 4.78 is 5.36. The Balaban J connectivity index is 2.10. The largest absolute Gasteiger partial charge is 0.383 e. The highest BCUT2D eigenvalue weighted by Crippen LogP contribution is 2.36. The Labute approximate surface area is 106 Å². The second-order valence-corrected chi connectivity index (χ2v) is 6.02. The molecule has 17 heavy (non-hydrogen) atoms. The summed E-state index contributed by atoms with van der Waals surface area (Å²) >= 11 is 0. The first kappa shape index (κ1) is 13.3. The van der Waals surface area contributed by atoms with Gasteiger partial charge in [0, 0.05) is 37.8 Å². The molecule has 0 amide bonds. The third kappa shape index (κ3) is 2.83. The fourth-order valence-electron chi connectivity index (χ4n) is 3.67. The molecule has 100 valence electrons. The van der Waals surface area contributed by atoms with E-state index in [-0.39, 0.29) is 0 Å². The normalized spacial score (nSPS) is 31.6. The highest BCUT2D eigenvalue weighted by atomic mass is 16.5. The van der Waals surface area contributed by atoms with Crippen molar-refractivity contribution in [3.63, 3.8) is 0 Å². The first-order valence-corrected chi connectivity index (χ1v) is 7.17. The maximum atomic E-state index is 5.36. The smallest absolute Gasteiger partial charge is 0.0615 e. The standard InChI is InChI=1S/C14H28N2O/c1-12-9-16(13(2)10-17-3)14(11-15-12)7-5-4-6-8-14/h12-13,15H,4-11H2,1-3H3. The zero-order valence-corrected chi connectivity index (χ0v) is 11.7. The minimum absolute atomic E-state index is 0.419. The molecule has 1 saturated heterocycles. The Kier molecular flexibility index (Phi) is 4.45. The predicted octanol–water partition coefficient (Wildman–Crippen LogP) is 2.02. The Morgan fingerprint density at radius 2 is 2.06 bits per heavy atom. The van der Waals surface area contributed by atoms with Gasteiger partial charge in [0.15, 0.2) is 0 Å².